The second kappa shape index (κ2) is 12.8. The van der Waals surface area contributed by atoms with Crippen LogP contribution in [0.4, 0.5) is 10.5 Å². The number of amides is 2. The van der Waals surface area contributed by atoms with Crippen molar-refractivity contribution in [3.63, 3.8) is 0 Å². The Labute approximate surface area is 203 Å². The number of carbonyl (C=O) groups is 1. The van der Waals surface area contributed by atoms with Gasteiger partial charge in [-0.3, -0.25) is 0 Å². The molecule has 0 radical (unpaired) electrons. The smallest absolute Gasteiger partial charge is 0.319 e. The third kappa shape index (κ3) is 6.86. The summed E-state index contributed by atoms with van der Waals surface area (Å²) in [6.07, 6.45) is 4.06. The average molecular weight is 463 g/mol. The number of carbonyl (C=O) groups excluding carboxylic acids is 1. The zero-order valence-corrected chi connectivity index (χ0v) is 20.9. The Hall–Kier alpha value is -3.28. The van der Waals surface area contributed by atoms with E-state index in [4.69, 9.17) is 9.72 Å². The highest BCUT2D eigenvalue weighted by molar-refractivity contribution is 5.90. The topological polar surface area (TPSA) is 68.2 Å². The molecule has 182 valence electrons. The lowest BCUT2D eigenvalue weighted by molar-refractivity contribution is 0.251. The van der Waals surface area contributed by atoms with Crippen LogP contribution in [0.2, 0.25) is 0 Å². The molecule has 3 aromatic rings. The first-order valence-electron chi connectivity index (χ1n) is 12.4. The van der Waals surface area contributed by atoms with E-state index >= 15 is 0 Å². The molecule has 0 aliphatic carbocycles. The van der Waals surface area contributed by atoms with E-state index < -0.39 is 0 Å². The van der Waals surface area contributed by atoms with Gasteiger partial charge in [0.2, 0.25) is 0 Å². The quantitative estimate of drug-likeness (QED) is 0.292. The molecule has 3 rings (SSSR count). The molecule has 0 unspecified atom stereocenters. The third-order valence-electron chi connectivity index (χ3n) is 5.78. The highest BCUT2D eigenvalue weighted by Crippen LogP contribution is 2.30. The molecular weight excluding hydrogens is 424 g/mol. The molecule has 34 heavy (non-hydrogen) atoms. The maximum Gasteiger partial charge on any atom is 0.319 e. The largest absolute Gasteiger partial charge is 0.491 e. The number of nitrogens with one attached hydrogen (secondary N) is 2. The van der Waals surface area contributed by atoms with Crippen molar-refractivity contribution in [3.8, 4) is 17.0 Å². The van der Waals surface area contributed by atoms with Crippen LogP contribution in [0.1, 0.15) is 63.9 Å². The molecule has 2 N–H and O–H groups in total. The summed E-state index contributed by atoms with van der Waals surface area (Å²) in [6.45, 7) is 10.7. The molecule has 0 saturated carbocycles. The van der Waals surface area contributed by atoms with Crippen LogP contribution < -0.4 is 15.4 Å². The molecule has 6 nitrogen and oxygen atoms in total. The number of urea groups is 1. The van der Waals surface area contributed by atoms with Gasteiger partial charge in [0, 0.05) is 24.3 Å². The van der Waals surface area contributed by atoms with Crippen molar-refractivity contribution in [1.82, 2.24) is 14.9 Å². The number of nitrogens with zero attached hydrogens (tertiary/aromatic N) is 2. The van der Waals surface area contributed by atoms with E-state index in [1.807, 2.05) is 30.3 Å². The van der Waals surface area contributed by atoms with Crippen LogP contribution in [0.25, 0.3) is 11.3 Å². The molecule has 1 heterocycles. The van der Waals surface area contributed by atoms with E-state index in [0.29, 0.717) is 30.5 Å². The molecule has 0 saturated heterocycles. The number of ether oxygens (including phenoxy) is 1. The summed E-state index contributed by atoms with van der Waals surface area (Å²) in [7, 11) is 0. The van der Waals surface area contributed by atoms with E-state index in [9.17, 15) is 4.79 Å². The van der Waals surface area contributed by atoms with Gasteiger partial charge in [0.25, 0.3) is 0 Å². The minimum Gasteiger partial charge on any atom is -0.491 e. The van der Waals surface area contributed by atoms with Crippen molar-refractivity contribution in [1.29, 1.82) is 0 Å². The Morgan fingerprint density at radius 3 is 2.50 bits per heavy atom. The van der Waals surface area contributed by atoms with Gasteiger partial charge in [-0.1, -0.05) is 76.1 Å². The predicted octanol–water partition coefficient (Wildman–Crippen LogP) is 6.76. The van der Waals surface area contributed by atoms with Gasteiger partial charge in [0.05, 0.1) is 18.0 Å². The summed E-state index contributed by atoms with van der Waals surface area (Å²) in [4.78, 5) is 17.1. The van der Waals surface area contributed by atoms with Crippen molar-refractivity contribution >= 4 is 11.7 Å². The first-order chi connectivity index (χ1) is 16.5. The molecule has 0 aliphatic rings. The zero-order valence-electron chi connectivity index (χ0n) is 20.9. The fourth-order valence-corrected chi connectivity index (χ4v) is 4.10. The van der Waals surface area contributed by atoms with Gasteiger partial charge in [-0.25, -0.2) is 9.78 Å². The number of anilines is 1. The molecular formula is C28H38N4O2. The minimum absolute atomic E-state index is 0.198. The number of benzene rings is 2. The van der Waals surface area contributed by atoms with Crippen molar-refractivity contribution in [2.24, 2.45) is 0 Å². The lowest BCUT2D eigenvalue weighted by Gasteiger charge is -2.16. The number of unbranched alkanes of at least 4 members (excludes halogenated alkanes) is 2. The maximum atomic E-state index is 12.2. The van der Waals surface area contributed by atoms with Gasteiger partial charge in [-0.05, 0) is 37.8 Å². The summed E-state index contributed by atoms with van der Waals surface area (Å²) in [5, 5.41) is 5.82. The van der Waals surface area contributed by atoms with Crippen LogP contribution in [-0.4, -0.2) is 28.7 Å². The fraction of sp³-hybridized carbons (Fsp3) is 0.429. The molecule has 1 aromatic heterocycles. The predicted molar refractivity (Wildman–Crippen MR) is 140 cm³/mol. The normalized spacial score (nSPS) is 11.0. The zero-order chi connectivity index (χ0) is 24.3. The monoisotopic (exact) mass is 462 g/mol. The third-order valence-corrected chi connectivity index (χ3v) is 5.78. The number of para-hydroxylation sites is 2. The fourth-order valence-electron chi connectivity index (χ4n) is 4.10. The van der Waals surface area contributed by atoms with Gasteiger partial charge in [0.1, 0.15) is 11.6 Å². The number of imidazole rings is 1. The summed E-state index contributed by atoms with van der Waals surface area (Å²) < 4.78 is 8.37. The molecule has 0 spiro atoms. The highest BCUT2D eigenvalue weighted by Gasteiger charge is 2.18. The summed E-state index contributed by atoms with van der Waals surface area (Å²) in [5.74, 6) is 2.06. The Balaban J connectivity index is 1.59. The maximum absolute atomic E-state index is 12.2. The number of rotatable bonds is 12. The van der Waals surface area contributed by atoms with E-state index in [1.54, 1.807) is 0 Å². The van der Waals surface area contributed by atoms with Crippen LogP contribution in [0.5, 0.6) is 5.75 Å². The van der Waals surface area contributed by atoms with Crippen molar-refractivity contribution in [2.45, 2.75) is 65.8 Å². The number of aromatic nitrogens is 2. The molecule has 0 aliphatic heterocycles. The Morgan fingerprint density at radius 2 is 1.76 bits per heavy atom. The van der Waals surface area contributed by atoms with Gasteiger partial charge >= 0.3 is 6.03 Å². The van der Waals surface area contributed by atoms with Gasteiger partial charge in [-0.2, -0.15) is 0 Å². The van der Waals surface area contributed by atoms with Crippen LogP contribution >= 0.6 is 0 Å². The number of hydrogen-bond acceptors (Lipinski definition) is 3. The second-order valence-electron chi connectivity index (χ2n) is 8.85. The van der Waals surface area contributed by atoms with E-state index in [-0.39, 0.29) is 6.03 Å². The molecule has 0 fully saturated rings. The molecule has 0 bridgehead atoms. The first kappa shape index (κ1) is 25.3. The van der Waals surface area contributed by atoms with Gasteiger partial charge < -0.3 is 19.9 Å². The van der Waals surface area contributed by atoms with E-state index in [1.165, 1.54) is 5.69 Å². The SMILES string of the molecule is CCCCCNC(=O)Nc1ccccc1OCCCn1c(C)nc(-c2ccccc2)c1C(C)C. The first-order valence-corrected chi connectivity index (χ1v) is 12.4. The standard InChI is InChI=1S/C28H38N4O2/c1-5-6-12-18-29-28(33)31-24-16-10-11-17-25(24)34-20-13-19-32-22(4)30-26(27(32)21(2)3)23-14-8-7-9-15-23/h7-11,14-17,21H,5-6,12-13,18-20H2,1-4H3,(H2,29,31,33). The van der Waals surface area contributed by atoms with Crippen LogP contribution in [0.15, 0.2) is 54.6 Å². The lowest BCUT2D eigenvalue weighted by Crippen LogP contribution is -2.29. The van der Waals surface area contributed by atoms with E-state index in [2.05, 4.69) is 67.2 Å². The Morgan fingerprint density at radius 1 is 1.03 bits per heavy atom. The van der Waals surface area contributed by atoms with E-state index in [0.717, 1.165) is 49.3 Å². The highest BCUT2D eigenvalue weighted by atomic mass is 16.5. The average Bonchev–Trinajstić information content (AvgIpc) is 3.17. The van der Waals surface area contributed by atoms with Gasteiger partial charge in [0.15, 0.2) is 0 Å². The second-order valence-corrected chi connectivity index (χ2v) is 8.85. The van der Waals surface area contributed by atoms with Crippen LogP contribution in [0.3, 0.4) is 0 Å². The summed E-state index contributed by atoms with van der Waals surface area (Å²) in [5.41, 5.74) is 4.15. The summed E-state index contributed by atoms with van der Waals surface area (Å²) in [6, 6.07) is 17.7. The van der Waals surface area contributed by atoms with Crippen molar-refractivity contribution in [2.75, 3.05) is 18.5 Å². The number of hydrogen-bond donors (Lipinski definition) is 2. The van der Waals surface area contributed by atoms with Crippen LogP contribution in [0, 0.1) is 6.92 Å². The molecule has 2 aromatic carbocycles. The Bertz CT molecular complexity index is 1040. The number of aryl methyl sites for hydroxylation is 1. The molecule has 0 atom stereocenters. The van der Waals surface area contributed by atoms with Crippen LogP contribution in [-0.2, 0) is 6.54 Å². The lowest BCUT2D eigenvalue weighted by atomic mass is 10.0. The Kier molecular flexibility index (Phi) is 9.56. The van der Waals surface area contributed by atoms with Crippen molar-refractivity contribution in [3.05, 3.63) is 66.1 Å². The van der Waals surface area contributed by atoms with Crippen molar-refractivity contribution < 1.29 is 9.53 Å². The summed E-state index contributed by atoms with van der Waals surface area (Å²) >= 11 is 0. The molecule has 6 heteroatoms. The minimum atomic E-state index is -0.198. The van der Waals surface area contributed by atoms with Gasteiger partial charge in [-0.15, -0.1) is 0 Å². The molecule has 2 amide bonds.